The Morgan fingerprint density at radius 3 is 3.00 bits per heavy atom. The molecular formula is C11H17N3O2. The number of rotatable bonds is 3. The predicted octanol–water partition coefficient (Wildman–Crippen LogP) is 0.451. The van der Waals surface area contributed by atoms with Gasteiger partial charge in [-0.15, -0.1) is 0 Å². The zero-order chi connectivity index (χ0) is 11.4. The van der Waals surface area contributed by atoms with Crippen LogP contribution in [0.2, 0.25) is 0 Å². The maximum absolute atomic E-state index is 12.1. The summed E-state index contributed by atoms with van der Waals surface area (Å²) in [5.41, 5.74) is 6.32. The van der Waals surface area contributed by atoms with Crippen LogP contribution < -0.4 is 5.73 Å². The second kappa shape index (κ2) is 5.23. The third-order valence-corrected chi connectivity index (χ3v) is 2.86. The van der Waals surface area contributed by atoms with Gasteiger partial charge in [-0.1, -0.05) is 0 Å². The minimum Gasteiger partial charge on any atom is -0.381 e. The number of carbonyl (C=O) groups excluding carboxylic acids is 1. The molecule has 1 aliphatic heterocycles. The molecular weight excluding hydrogens is 206 g/mol. The fourth-order valence-electron chi connectivity index (χ4n) is 1.92. The van der Waals surface area contributed by atoms with Gasteiger partial charge in [-0.2, -0.15) is 0 Å². The normalized spacial score (nSPS) is 17.6. The molecule has 0 bridgehead atoms. The maximum Gasteiger partial charge on any atom is 0.235 e. The third-order valence-electron chi connectivity index (χ3n) is 2.86. The lowest BCUT2D eigenvalue weighted by atomic mass is 9.99. The van der Waals surface area contributed by atoms with Crippen molar-refractivity contribution in [2.75, 3.05) is 19.8 Å². The molecule has 2 N–H and O–H groups in total. The molecule has 1 aromatic rings. The number of nitrogens with zero attached hydrogens (tertiary/aromatic N) is 2. The quantitative estimate of drug-likeness (QED) is 0.807. The number of aromatic nitrogens is 2. The van der Waals surface area contributed by atoms with Crippen molar-refractivity contribution in [1.82, 2.24) is 9.55 Å². The van der Waals surface area contributed by atoms with Crippen LogP contribution in [-0.4, -0.2) is 35.2 Å². The fourth-order valence-corrected chi connectivity index (χ4v) is 1.92. The van der Waals surface area contributed by atoms with E-state index in [1.54, 1.807) is 17.1 Å². The van der Waals surface area contributed by atoms with Gasteiger partial charge in [0.2, 0.25) is 5.91 Å². The Morgan fingerprint density at radius 1 is 1.56 bits per heavy atom. The summed E-state index contributed by atoms with van der Waals surface area (Å²) in [5, 5.41) is 0. The molecule has 88 valence electrons. The van der Waals surface area contributed by atoms with Gasteiger partial charge in [0, 0.05) is 31.7 Å². The Balaban J connectivity index is 2.01. The Bertz CT molecular complexity index is 356. The molecule has 0 aromatic carbocycles. The smallest absolute Gasteiger partial charge is 0.235 e. The highest BCUT2D eigenvalue weighted by Crippen LogP contribution is 2.17. The minimum absolute atomic E-state index is 0.0775. The van der Waals surface area contributed by atoms with Crippen molar-refractivity contribution in [3.8, 4) is 0 Å². The number of nitrogens with two attached hydrogens (primary N) is 1. The largest absolute Gasteiger partial charge is 0.381 e. The molecule has 1 fully saturated rings. The first-order valence-corrected chi connectivity index (χ1v) is 5.66. The van der Waals surface area contributed by atoms with E-state index in [4.69, 9.17) is 10.5 Å². The SMILES string of the molecule is NCCc1cn(C(=O)C2CCOCC2)cn1. The van der Waals surface area contributed by atoms with Crippen molar-refractivity contribution < 1.29 is 9.53 Å². The molecule has 1 aromatic heterocycles. The number of hydrogen-bond donors (Lipinski definition) is 1. The van der Waals surface area contributed by atoms with E-state index in [0.29, 0.717) is 26.2 Å². The molecule has 2 heterocycles. The minimum atomic E-state index is 0.0775. The van der Waals surface area contributed by atoms with Crippen LogP contribution in [-0.2, 0) is 11.2 Å². The van der Waals surface area contributed by atoms with Crippen LogP contribution >= 0.6 is 0 Å². The molecule has 0 radical (unpaired) electrons. The molecule has 0 atom stereocenters. The Morgan fingerprint density at radius 2 is 2.31 bits per heavy atom. The van der Waals surface area contributed by atoms with E-state index in [1.165, 1.54) is 0 Å². The van der Waals surface area contributed by atoms with Gasteiger partial charge in [0.1, 0.15) is 6.33 Å². The lowest BCUT2D eigenvalue weighted by molar-refractivity contribution is 0.0486. The lowest BCUT2D eigenvalue weighted by Crippen LogP contribution is -2.27. The van der Waals surface area contributed by atoms with Gasteiger partial charge < -0.3 is 10.5 Å². The van der Waals surface area contributed by atoms with E-state index in [-0.39, 0.29) is 11.8 Å². The fraction of sp³-hybridized carbons (Fsp3) is 0.636. The molecule has 0 aliphatic carbocycles. The van der Waals surface area contributed by atoms with Crippen LogP contribution in [0.5, 0.6) is 0 Å². The lowest BCUT2D eigenvalue weighted by Gasteiger charge is -2.20. The number of hydrogen-bond acceptors (Lipinski definition) is 4. The first-order chi connectivity index (χ1) is 7.81. The standard InChI is InChI=1S/C11H17N3O2/c12-4-1-10-7-14(8-13-10)11(15)9-2-5-16-6-3-9/h7-9H,1-6,12H2. The van der Waals surface area contributed by atoms with Crippen molar-refractivity contribution in [3.05, 3.63) is 18.2 Å². The molecule has 0 amide bonds. The van der Waals surface area contributed by atoms with Crippen LogP contribution in [0.1, 0.15) is 23.3 Å². The highest BCUT2D eigenvalue weighted by molar-refractivity contribution is 5.81. The van der Waals surface area contributed by atoms with E-state index in [9.17, 15) is 4.79 Å². The summed E-state index contributed by atoms with van der Waals surface area (Å²) in [4.78, 5) is 16.2. The molecule has 0 saturated carbocycles. The Hall–Kier alpha value is -1.20. The molecule has 1 saturated heterocycles. The number of carbonyl (C=O) groups is 1. The van der Waals surface area contributed by atoms with Crippen LogP contribution in [0.3, 0.4) is 0 Å². The second-order valence-corrected chi connectivity index (χ2v) is 4.04. The van der Waals surface area contributed by atoms with Gasteiger partial charge in [-0.3, -0.25) is 9.36 Å². The first-order valence-electron chi connectivity index (χ1n) is 5.66. The summed E-state index contributed by atoms with van der Waals surface area (Å²) in [5.74, 6) is 0.202. The molecule has 0 spiro atoms. The van der Waals surface area contributed by atoms with Crippen molar-refractivity contribution in [2.45, 2.75) is 19.3 Å². The number of imidazole rings is 1. The Kier molecular flexibility index (Phi) is 3.69. The van der Waals surface area contributed by atoms with E-state index >= 15 is 0 Å². The van der Waals surface area contributed by atoms with Crippen molar-refractivity contribution in [2.24, 2.45) is 11.7 Å². The molecule has 16 heavy (non-hydrogen) atoms. The third kappa shape index (κ3) is 2.48. The maximum atomic E-state index is 12.1. The zero-order valence-corrected chi connectivity index (χ0v) is 9.26. The van der Waals surface area contributed by atoms with Crippen molar-refractivity contribution >= 4 is 5.91 Å². The van der Waals surface area contributed by atoms with E-state index in [1.807, 2.05) is 0 Å². The summed E-state index contributed by atoms with van der Waals surface area (Å²) in [7, 11) is 0. The van der Waals surface area contributed by atoms with Gasteiger partial charge in [-0.25, -0.2) is 4.98 Å². The monoisotopic (exact) mass is 223 g/mol. The molecule has 5 heteroatoms. The summed E-state index contributed by atoms with van der Waals surface area (Å²) < 4.78 is 6.82. The van der Waals surface area contributed by atoms with Crippen LogP contribution in [0.4, 0.5) is 0 Å². The van der Waals surface area contributed by atoms with E-state index in [2.05, 4.69) is 4.98 Å². The Labute approximate surface area is 94.6 Å². The van der Waals surface area contributed by atoms with Crippen LogP contribution in [0, 0.1) is 5.92 Å². The zero-order valence-electron chi connectivity index (χ0n) is 9.26. The van der Waals surface area contributed by atoms with Gasteiger partial charge >= 0.3 is 0 Å². The van der Waals surface area contributed by atoms with Gasteiger partial charge in [0.25, 0.3) is 0 Å². The van der Waals surface area contributed by atoms with Gasteiger partial charge in [0.05, 0.1) is 5.69 Å². The summed E-state index contributed by atoms with van der Waals surface area (Å²) in [6.45, 7) is 1.92. The predicted molar refractivity (Wildman–Crippen MR) is 59.2 cm³/mol. The number of ether oxygens (including phenoxy) is 1. The molecule has 0 unspecified atom stereocenters. The topological polar surface area (TPSA) is 70.1 Å². The summed E-state index contributed by atoms with van der Waals surface area (Å²) in [6, 6.07) is 0. The van der Waals surface area contributed by atoms with Gasteiger partial charge in [0.15, 0.2) is 0 Å². The van der Waals surface area contributed by atoms with Crippen LogP contribution in [0.15, 0.2) is 12.5 Å². The highest BCUT2D eigenvalue weighted by atomic mass is 16.5. The second-order valence-electron chi connectivity index (χ2n) is 4.04. The van der Waals surface area contributed by atoms with E-state index in [0.717, 1.165) is 18.5 Å². The van der Waals surface area contributed by atoms with E-state index < -0.39 is 0 Å². The van der Waals surface area contributed by atoms with Crippen molar-refractivity contribution in [1.29, 1.82) is 0 Å². The summed E-state index contributed by atoms with van der Waals surface area (Å²) in [6.07, 6.45) is 5.70. The average molecular weight is 223 g/mol. The molecule has 2 rings (SSSR count). The van der Waals surface area contributed by atoms with Gasteiger partial charge in [-0.05, 0) is 19.4 Å². The van der Waals surface area contributed by atoms with Crippen molar-refractivity contribution in [3.63, 3.8) is 0 Å². The highest BCUT2D eigenvalue weighted by Gasteiger charge is 2.22. The van der Waals surface area contributed by atoms with Crippen LogP contribution in [0.25, 0.3) is 0 Å². The first kappa shape index (κ1) is 11.3. The molecule has 1 aliphatic rings. The summed E-state index contributed by atoms with van der Waals surface area (Å²) >= 11 is 0. The average Bonchev–Trinajstić information content (AvgIpc) is 2.78. The molecule has 5 nitrogen and oxygen atoms in total.